The van der Waals surface area contributed by atoms with Crippen LogP contribution in [0.4, 0.5) is 16.8 Å². The Kier molecular flexibility index (Phi) is 67.8. The minimum absolute atomic E-state index is 0.644. The number of rotatable bonds is 48. The molecular weight excluding hydrogens is 1130 g/mol. The summed E-state index contributed by atoms with van der Waals surface area (Å²) < 4.78 is 134. The van der Waals surface area contributed by atoms with E-state index in [0.717, 1.165) is 250 Å². The lowest BCUT2D eigenvalue weighted by atomic mass is 10.3. The topological polar surface area (TPSA) is 142 Å². The van der Waals surface area contributed by atoms with E-state index < -0.39 is 31.6 Å². The first kappa shape index (κ1) is 77.6. The summed E-state index contributed by atoms with van der Waals surface area (Å²) in [5.74, 6) is 5.16. The van der Waals surface area contributed by atoms with Gasteiger partial charge in [-0.15, -0.1) is 16.8 Å². The predicted octanol–water partition coefficient (Wildman–Crippen LogP) is 23.1. The summed E-state index contributed by atoms with van der Waals surface area (Å²) in [5.41, 5.74) is 0. The van der Waals surface area contributed by atoms with Gasteiger partial charge in [-0.2, -0.15) is 0 Å². The van der Waals surface area contributed by atoms with E-state index in [-0.39, 0.29) is 0 Å². The Morgan fingerprint density at radius 3 is 0.426 bits per heavy atom. The Morgan fingerprint density at radius 2 is 0.338 bits per heavy atom. The number of unbranched alkanes of at least 4 members (excludes halogenated alkanes) is 16. The van der Waals surface area contributed by atoms with E-state index in [4.69, 9.17) is 0 Å². The lowest BCUT2D eigenvalue weighted by Gasteiger charge is -2.07. The molecule has 0 unspecified atom stereocenters. The van der Waals surface area contributed by atoms with Gasteiger partial charge in [-0.05, 0) is 51.4 Å². The van der Waals surface area contributed by atoms with Crippen LogP contribution in [0.15, 0.2) is 0 Å². The van der Waals surface area contributed by atoms with Crippen molar-refractivity contribution in [2.24, 2.45) is 0 Å². The summed E-state index contributed by atoms with van der Waals surface area (Å²) in [5, 5.41) is 0. The fourth-order valence-corrected chi connectivity index (χ4v) is 14.4. The highest BCUT2D eigenvalue weighted by Gasteiger charge is 2.28. The van der Waals surface area contributed by atoms with Gasteiger partial charge in [0.25, 0.3) is 0 Å². The predicted molar refractivity (Wildman–Crippen MR) is 299 cm³/mol. The third-order valence-electron chi connectivity index (χ3n) is 7.78. The van der Waals surface area contributed by atoms with Gasteiger partial charge in [0.15, 0.2) is 0 Å². The molecule has 0 amide bonds. The van der Waals surface area contributed by atoms with Gasteiger partial charge >= 0.3 is 31.6 Å². The van der Waals surface area contributed by atoms with Gasteiger partial charge < -0.3 is 0 Å². The van der Waals surface area contributed by atoms with Gasteiger partial charge in [0, 0.05) is 142 Å². The van der Waals surface area contributed by atoms with Crippen LogP contribution >= 0.6 is 128 Å². The molecule has 0 radical (unpaired) electrons. The molecule has 28 heteroatoms. The van der Waals surface area contributed by atoms with E-state index in [0.29, 0.717) is 46.0 Å². The molecule has 0 spiro atoms. The second-order valence-electron chi connectivity index (χ2n) is 14.6. The van der Waals surface area contributed by atoms with Gasteiger partial charge in [-0.25, -0.2) is 50.0 Å². The molecule has 0 bridgehead atoms. The molecule has 0 aliphatic rings. The van der Waals surface area contributed by atoms with Crippen molar-refractivity contribution in [3.8, 4) is 0 Å². The van der Waals surface area contributed by atoms with Gasteiger partial charge in [-0.3, -0.25) is 0 Å². The van der Waals surface area contributed by atoms with Crippen LogP contribution in [0.25, 0.3) is 0 Å². The van der Waals surface area contributed by atoms with Crippen LogP contribution in [-0.4, -0.2) is 46.0 Å². The van der Waals surface area contributed by atoms with Crippen molar-refractivity contribution in [3.63, 3.8) is 0 Å². The highest BCUT2D eigenvalue weighted by Crippen LogP contribution is 2.58. The van der Waals surface area contributed by atoms with Crippen LogP contribution in [0, 0.1) is 0 Å². The van der Waals surface area contributed by atoms with Crippen molar-refractivity contribution in [2.45, 2.75) is 209 Å². The minimum atomic E-state index is -4.36. The van der Waals surface area contributed by atoms with Gasteiger partial charge in [-0.1, -0.05) is 158 Å². The summed E-state index contributed by atoms with van der Waals surface area (Å²) in [6, 6.07) is 0. The molecule has 0 aromatic heterocycles. The monoisotopic (exact) mass is 1220 g/mol. The average Bonchev–Trinajstić information content (AvgIpc) is 3.29. The second kappa shape index (κ2) is 59.4. The van der Waals surface area contributed by atoms with Crippen molar-refractivity contribution in [1.29, 1.82) is 0 Å². The Balaban J connectivity index is -0.000000402. The van der Waals surface area contributed by atoms with Crippen molar-refractivity contribution in [2.75, 3.05) is 46.0 Å². The number of hydrogen-bond acceptors (Lipinski definition) is 20. The minimum Gasteiger partial charge on any atom is -0.221 e. The highest BCUT2D eigenvalue weighted by atomic mass is 32.2. The maximum Gasteiger partial charge on any atom is 0.535 e. The Bertz CT molecular complexity index is 983. The van der Waals surface area contributed by atoms with Gasteiger partial charge in [0.05, 0.1) is 0 Å². The summed E-state index contributed by atoms with van der Waals surface area (Å²) in [7, 11) is -17.5. The zero-order valence-electron chi connectivity index (χ0n) is 42.1. The Labute approximate surface area is 447 Å². The van der Waals surface area contributed by atoms with Crippen LogP contribution in [0.5, 0.6) is 0 Å². The average molecular weight is 1220 g/mol. The van der Waals surface area contributed by atoms with E-state index in [1.807, 2.05) is 0 Å². The molecule has 12 nitrogen and oxygen atoms in total. The number of hydrogen-bond donors (Lipinski definition) is 0. The van der Waals surface area contributed by atoms with Crippen molar-refractivity contribution >= 4 is 128 Å². The Hall–Kier alpha value is 3.12. The van der Waals surface area contributed by atoms with E-state index in [2.05, 4.69) is 87.1 Å². The van der Waals surface area contributed by atoms with Crippen LogP contribution in [0.3, 0.4) is 0 Å². The molecule has 68 heavy (non-hydrogen) atoms. The zero-order valence-corrected chi connectivity index (χ0v) is 52.2. The first-order valence-corrected chi connectivity index (χ1v) is 37.2. The SMILES string of the molecule is CCCCCSOP(=O)(F)OSCCCCC.CCCCCSOP(=O)(F)OSCCCCC.CCCCCSOP(=O)(F)OSCCCCC.CCCCCSOP(=O)(F)OSCCCCC. The molecular formula is C40H88F4O12P4S8. The maximum atomic E-state index is 13.2. The van der Waals surface area contributed by atoms with Gasteiger partial charge in [0.2, 0.25) is 0 Å². The molecule has 0 fully saturated rings. The molecule has 0 saturated heterocycles. The summed E-state index contributed by atoms with van der Waals surface area (Å²) in [4.78, 5) is 0. The molecule has 0 aromatic carbocycles. The summed E-state index contributed by atoms with van der Waals surface area (Å²) >= 11 is 7.14. The third kappa shape index (κ3) is 71.2. The fourth-order valence-electron chi connectivity index (χ4n) is 4.14. The first-order valence-electron chi connectivity index (χ1n) is 24.2. The van der Waals surface area contributed by atoms with Crippen LogP contribution < -0.4 is 0 Å². The number of halogens is 4. The normalized spacial score (nSPS) is 11.9. The first-order chi connectivity index (χ1) is 32.5. The van der Waals surface area contributed by atoms with Crippen molar-refractivity contribution in [3.05, 3.63) is 0 Å². The molecule has 0 heterocycles. The van der Waals surface area contributed by atoms with E-state index >= 15 is 0 Å². The van der Waals surface area contributed by atoms with E-state index in [1.165, 1.54) is 0 Å². The molecule has 0 rings (SSSR count). The van der Waals surface area contributed by atoms with Crippen LogP contribution in [-0.2, 0) is 50.0 Å². The van der Waals surface area contributed by atoms with E-state index in [1.54, 1.807) is 0 Å². The van der Waals surface area contributed by atoms with Crippen LogP contribution in [0.1, 0.15) is 209 Å². The molecule has 0 saturated carbocycles. The highest BCUT2D eigenvalue weighted by molar-refractivity contribution is 8.02. The van der Waals surface area contributed by atoms with Crippen molar-refractivity contribution < 1.29 is 66.8 Å². The standard InChI is InChI=1S/4C10H22FO3PS2/c4*1-3-5-7-9-16-13-15(11,12)14-17-10-8-6-4-2/h4*3-10H2,1-2H3. The fraction of sp³-hybridized carbons (Fsp3) is 1.00. The van der Waals surface area contributed by atoms with Crippen molar-refractivity contribution in [1.82, 2.24) is 0 Å². The lowest BCUT2D eigenvalue weighted by molar-refractivity contribution is 0.375. The molecule has 0 atom stereocenters. The molecule has 0 aliphatic carbocycles. The molecule has 0 aromatic rings. The Morgan fingerprint density at radius 1 is 0.235 bits per heavy atom. The summed E-state index contributed by atoms with van der Waals surface area (Å²) in [6.07, 6.45) is 24.8. The smallest absolute Gasteiger partial charge is 0.221 e. The zero-order chi connectivity index (χ0) is 51.9. The quantitative estimate of drug-likeness (QED) is 0.0246. The molecule has 416 valence electrons. The third-order valence-corrected chi connectivity index (χ3v) is 20.5. The molecule has 0 N–H and O–H groups in total. The second-order valence-corrected chi connectivity index (χ2v) is 27.9. The molecule has 0 aliphatic heterocycles. The lowest BCUT2D eigenvalue weighted by Crippen LogP contribution is -1.85. The van der Waals surface area contributed by atoms with Gasteiger partial charge in [0.1, 0.15) is 0 Å². The van der Waals surface area contributed by atoms with E-state index in [9.17, 15) is 35.0 Å². The largest absolute Gasteiger partial charge is 0.535 e. The summed E-state index contributed by atoms with van der Waals surface area (Å²) in [6.45, 7) is 16.7. The maximum absolute atomic E-state index is 13.2. The van der Waals surface area contributed by atoms with Crippen LogP contribution in [0.2, 0.25) is 0 Å².